The summed E-state index contributed by atoms with van der Waals surface area (Å²) in [6.07, 6.45) is -1.48. The maximum absolute atomic E-state index is 13.6. The monoisotopic (exact) mass is 650 g/mol. The molecule has 3 aromatic carbocycles. The number of β-amino-alcohol motifs (C(OH)–C–C–N with tert-alkyl or cyclic N) is 1. The Morgan fingerprint density at radius 2 is 1.63 bits per heavy atom. The number of aromatic nitrogens is 2. The van der Waals surface area contributed by atoms with E-state index in [9.17, 15) is 37.5 Å². The van der Waals surface area contributed by atoms with Gasteiger partial charge in [0, 0.05) is 13.0 Å². The van der Waals surface area contributed by atoms with Gasteiger partial charge >= 0.3 is 17.6 Å². The van der Waals surface area contributed by atoms with E-state index in [-0.39, 0.29) is 17.9 Å². The molecule has 0 spiro atoms. The molecule has 5 rings (SSSR count). The number of benzene rings is 3. The van der Waals surface area contributed by atoms with E-state index < -0.39 is 82.2 Å². The minimum absolute atomic E-state index is 0.103. The number of nitrogens with two attached hydrogens (primary N) is 1. The number of anilines is 1. The van der Waals surface area contributed by atoms with Crippen LogP contribution in [0.4, 0.5) is 5.82 Å². The van der Waals surface area contributed by atoms with Crippen LogP contribution in [0.3, 0.4) is 0 Å². The summed E-state index contributed by atoms with van der Waals surface area (Å²) in [5.74, 6) is -3.69. The topological polar surface area (TPSA) is 197 Å². The molecule has 0 amide bonds. The molecule has 14 nitrogen and oxygen atoms in total. The number of esters is 2. The molecule has 1 aliphatic rings. The summed E-state index contributed by atoms with van der Waals surface area (Å²) >= 11 is 0. The minimum Gasteiger partial charge on any atom is -0.468 e. The van der Waals surface area contributed by atoms with E-state index >= 15 is 0 Å². The number of nitrogen functional groups attached to an aromatic ring is 1. The molecule has 1 aromatic heterocycles. The third kappa shape index (κ3) is 6.33. The number of nitrogens with zero attached hydrogens (tertiary/aromatic N) is 3. The number of aliphatic hydroxyl groups is 1. The number of Topliss-reactive ketones (excluding diaryl/α,β-unsaturated/α-hetero) is 1. The zero-order valence-electron chi connectivity index (χ0n) is 24.6. The lowest BCUT2D eigenvalue weighted by molar-refractivity contribution is -0.146. The summed E-state index contributed by atoms with van der Waals surface area (Å²) in [7, 11) is -3.23. The predicted octanol–water partition coefficient (Wildman–Crippen LogP) is 0.517. The molecule has 1 aliphatic heterocycles. The number of sulfonamides is 1. The fourth-order valence-electron chi connectivity index (χ4n) is 5.26. The molecule has 0 unspecified atom stereocenters. The first-order valence-electron chi connectivity index (χ1n) is 14.0. The van der Waals surface area contributed by atoms with Crippen LogP contribution in [0.5, 0.6) is 0 Å². The van der Waals surface area contributed by atoms with Crippen LogP contribution in [-0.4, -0.2) is 77.1 Å². The van der Waals surface area contributed by atoms with Gasteiger partial charge in [-0.3, -0.25) is 23.7 Å². The highest BCUT2D eigenvalue weighted by atomic mass is 32.2. The van der Waals surface area contributed by atoms with Gasteiger partial charge < -0.3 is 20.3 Å². The van der Waals surface area contributed by atoms with E-state index in [2.05, 4.69) is 4.74 Å². The zero-order valence-corrected chi connectivity index (χ0v) is 25.4. The normalized spacial score (nSPS) is 16.7. The fraction of sp³-hybridized carbons (Fsp3) is 0.258. The third-order valence-corrected chi connectivity index (χ3v) is 9.49. The number of rotatable bonds is 10. The number of aliphatic hydroxyl groups excluding tert-OH is 1. The molecular formula is C31H30N4O10S. The number of hydrogen-bond acceptors (Lipinski definition) is 11. The van der Waals surface area contributed by atoms with Gasteiger partial charge in [0.25, 0.3) is 5.56 Å². The van der Waals surface area contributed by atoms with Crippen molar-refractivity contribution < 1.29 is 37.4 Å². The van der Waals surface area contributed by atoms with Crippen LogP contribution in [0, 0.1) is 0 Å². The van der Waals surface area contributed by atoms with Gasteiger partial charge in [0.05, 0.1) is 24.7 Å². The minimum atomic E-state index is -4.29. The van der Waals surface area contributed by atoms with Crippen LogP contribution in [0.15, 0.2) is 87.3 Å². The van der Waals surface area contributed by atoms with E-state index in [1.807, 2.05) is 6.07 Å². The Morgan fingerprint density at radius 3 is 2.33 bits per heavy atom. The molecular weight excluding hydrogens is 620 g/mol. The van der Waals surface area contributed by atoms with E-state index in [0.717, 1.165) is 21.4 Å². The van der Waals surface area contributed by atoms with Gasteiger partial charge in [-0.1, -0.05) is 60.7 Å². The highest BCUT2D eigenvalue weighted by Crippen LogP contribution is 2.29. The Kier molecular flexibility index (Phi) is 9.18. The molecule has 240 valence electrons. The van der Waals surface area contributed by atoms with Gasteiger partial charge in [0.2, 0.25) is 15.8 Å². The molecule has 2 heterocycles. The van der Waals surface area contributed by atoms with E-state index in [4.69, 9.17) is 10.5 Å². The SMILES string of the molecule is COC(=O)Cn1c(=O)c(C(=O)COC(=O)[C@H]2C[C@H](O)CN2S(=O)(=O)c2ccc3ccccc3c2)c(N)n(Cc2ccccc2)c1=O. The van der Waals surface area contributed by atoms with Crippen molar-refractivity contribution in [3.63, 3.8) is 0 Å². The van der Waals surface area contributed by atoms with Gasteiger partial charge in [-0.2, -0.15) is 4.31 Å². The molecule has 1 fully saturated rings. The summed E-state index contributed by atoms with van der Waals surface area (Å²) in [6, 6.07) is 18.6. The fourth-order valence-corrected chi connectivity index (χ4v) is 6.92. The number of carbonyl (C=O) groups excluding carboxylic acids is 3. The summed E-state index contributed by atoms with van der Waals surface area (Å²) in [4.78, 5) is 64.9. The average molecular weight is 651 g/mol. The second kappa shape index (κ2) is 13.1. The van der Waals surface area contributed by atoms with Gasteiger partial charge in [-0.25, -0.2) is 17.8 Å². The van der Waals surface area contributed by atoms with Gasteiger partial charge in [0.1, 0.15) is 24.0 Å². The van der Waals surface area contributed by atoms with E-state index in [1.54, 1.807) is 54.6 Å². The van der Waals surface area contributed by atoms with Crippen molar-refractivity contribution in [3.05, 3.63) is 105 Å². The number of ether oxygens (including phenoxy) is 2. The highest BCUT2D eigenvalue weighted by Gasteiger charge is 2.44. The van der Waals surface area contributed by atoms with Gasteiger partial charge in [-0.15, -0.1) is 0 Å². The van der Waals surface area contributed by atoms with Crippen LogP contribution in [0.2, 0.25) is 0 Å². The number of methoxy groups -OCH3 is 1. The molecule has 15 heteroatoms. The van der Waals surface area contributed by atoms with E-state index in [1.165, 1.54) is 12.1 Å². The van der Waals surface area contributed by atoms with Crippen molar-refractivity contribution in [2.45, 2.75) is 36.6 Å². The summed E-state index contributed by atoms with van der Waals surface area (Å²) in [6.45, 7) is -2.41. The quantitative estimate of drug-likeness (QED) is 0.179. The summed E-state index contributed by atoms with van der Waals surface area (Å²) < 4.78 is 39.1. The smallest absolute Gasteiger partial charge is 0.333 e. The molecule has 1 saturated heterocycles. The lowest BCUT2D eigenvalue weighted by Crippen LogP contribution is -2.46. The van der Waals surface area contributed by atoms with Crippen LogP contribution in [0.25, 0.3) is 10.8 Å². The van der Waals surface area contributed by atoms with Crippen LogP contribution in [-0.2, 0) is 42.2 Å². The largest absolute Gasteiger partial charge is 0.468 e. The zero-order chi connectivity index (χ0) is 33.2. The molecule has 0 aliphatic carbocycles. The predicted molar refractivity (Wildman–Crippen MR) is 164 cm³/mol. The maximum atomic E-state index is 13.6. The van der Waals surface area contributed by atoms with Crippen LogP contribution < -0.4 is 17.0 Å². The number of hydrogen-bond donors (Lipinski definition) is 2. The van der Waals surface area contributed by atoms with Crippen molar-refractivity contribution >= 4 is 44.3 Å². The Morgan fingerprint density at radius 1 is 0.957 bits per heavy atom. The first-order chi connectivity index (χ1) is 21.9. The number of fused-ring (bicyclic) bond motifs is 1. The summed E-state index contributed by atoms with van der Waals surface area (Å²) in [5.41, 5.74) is 3.86. The molecule has 0 bridgehead atoms. The molecule has 3 N–H and O–H groups in total. The maximum Gasteiger partial charge on any atom is 0.333 e. The molecule has 0 radical (unpaired) electrons. The number of carbonyl (C=O) groups is 3. The van der Waals surface area contributed by atoms with Crippen LogP contribution >= 0.6 is 0 Å². The first kappa shape index (κ1) is 32.3. The molecule has 4 aromatic rings. The Labute approximate surface area is 262 Å². The van der Waals surface area contributed by atoms with Gasteiger partial charge in [0.15, 0.2) is 6.61 Å². The second-order valence-electron chi connectivity index (χ2n) is 10.6. The number of ketones is 1. The Balaban J connectivity index is 1.41. The third-order valence-electron chi connectivity index (χ3n) is 7.62. The Hall–Kier alpha value is -5.12. The Bertz CT molecular complexity index is 2060. The van der Waals surface area contributed by atoms with Gasteiger partial charge in [-0.05, 0) is 28.5 Å². The lowest BCUT2D eigenvalue weighted by Gasteiger charge is -2.22. The van der Waals surface area contributed by atoms with Crippen molar-refractivity contribution in [1.29, 1.82) is 0 Å². The molecule has 0 saturated carbocycles. The molecule has 2 atom stereocenters. The van der Waals surface area contributed by atoms with Crippen molar-refractivity contribution in [3.8, 4) is 0 Å². The highest BCUT2D eigenvalue weighted by molar-refractivity contribution is 7.89. The standard InChI is InChI=1S/C31H30N4O10S/c1-44-26(38)17-34-29(39)27(28(32)33(31(34)41)15-19-7-3-2-4-8-19)25(37)18-45-30(40)24-14-22(36)16-35(24)46(42,43)23-12-11-20-9-5-6-10-21(20)13-23/h2-13,22,24,36H,14-18,32H2,1H3/t22-,24+/m0/s1. The van der Waals surface area contributed by atoms with E-state index in [0.29, 0.717) is 15.5 Å². The van der Waals surface area contributed by atoms with Crippen LogP contribution in [0.1, 0.15) is 22.3 Å². The average Bonchev–Trinajstić information content (AvgIpc) is 3.46. The lowest BCUT2D eigenvalue weighted by atomic mass is 10.1. The van der Waals surface area contributed by atoms with Crippen molar-refractivity contribution in [2.24, 2.45) is 0 Å². The summed E-state index contributed by atoms with van der Waals surface area (Å²) in [5, 5.41) is 11.8. The van der Waals surface area contributed by atoms with Crippen molar-refractivity contribution in [1.82, 2.24) is 13.4 Å². The first-order valence-corrected chi connectivity index (χ1v) is 15.5. The van der Waals surface area contributed by atoms with Crippen molar-refractivity contribution in [2.75, 3.05) is 26.0 Å². The molecule has 46 heavy (non-hydrogen) atoms. The second-order valence-corrected chi connectivity index (χ2v) is 12.5.